The lowest BCUT2D eigenvalue weighted by Gasteiger charge is -2.32. The number of rotatable bonds is 3. The van der Waals surface area contributed by atoms with Crippen molar-refractivity contribution in [2.45, 2.75) is 19.4 Å². The maximum Gasteiger partial charge on any atom is 0.226 e. The number of fused-ring (bicyclic) bond motifs is 1. The van der Waals surface area contributed by atoms with Crippen molar-refractivity contribution >= 4 is 35.2 Å². The van der Waals surface area contributed by atoms with E-state index in [-0.39, 0.29) is 24.3 Å². The SMILES string of the molecule is CC(=O)N1C=Cc2ccccc2[C@@H]1CC(=O)Nc1ccccc1Cl. The van der Waals surface area contributed by atoms with E-state index in [1.165, 1.54) is 6.92 Å². The number of hydrogen-bond donors (Lipinski definition) is 1. The molecule has 5 heteroatoms. The number of para-hydroxylation sites is 1. The van der Waals surface area contributed by atoms with Crippen molar-refractivity contribution < 1.29 is 9.59 Å². The molecule has 1 N–H and O–H groups in total. The van der Waals surface area contributed by atoms with Gasteiger partial charge in [0.2, 0.25) is 11.8 Å². The molecule has 0 aromatic heterocycles. The number of halogens is 1. The number of anilines is 1. The van der Waals surface area contributed by atoms with Crippen LogP contribution in [0.3, 0.4) is 0 Å². The molecule has 1 atom stereocenters. The van der Waals surface area contributed by atoms with Crippen molar-refractivity contribution in [2.75, 3.05) is 5.32 Å². The van der Waals surface area contributed by atoms with Crippen molar-refractivity contribution in [1.29, 1.82) is 0 Å². The molecule has 0 saturated carbocycles. The third-order valence-corrected chi connectivity index (χ3v) is 4.33. The lowest BCUT2D eigenvalue weighted by atomic mass is 9.93. The van der Waals surface area contributed by atoms with E-state index >= 15 is 0 Å². The van der Waals surface area contributed by atoms with Crippen LogP contribution in [0.5, 0.6) is 0 Å². The van der Waals surface area contributed by atoms with Gasteiger partial charge in [-0.05, 0) is 29.3 Å². The zero-order valence-electron chi connectivity index (χ0n) is 13.2. The molecule has 1 heterocycles. The molecule has 0 spiro atoms. The number of carbonyl (C=O) groups is 2. The molecule has 1 aliphatic heterocycles. The van der Waals surface area contributed by atoms with Gasteiger partial charge < -0.3 is 10.2 Å². The smallest absolute Gasteiger partial charge is 0.226 e. The molecular weight excluding hydrogens is 324 g/mol. The highest BCUT2D eigenvalue weighted by Gasteiger charge is 2.28. The summed E-state index contributed by atoms with van der Waals surface area (Å²) in [7, 11) is 0. The third-order valence-electron chi connectivity index (χ3n) is 4.00. The Bertz CT molecular complexity index is 817. The molecular formula is C19H17ClN2O2. The summed E-state index contributed by atoms with van der Waals surface area (Å²) in [5.41, 5.74) is 2.55. The van der Waals surface area contributed by atoms with Crippen molar-refractivity contribution in [2.24, 2.45) is 0 Å². The standard InChI is InChI=1S/C19H17ClN2O2/c1-13(23)22-11-10-14-6-2-3-7-15(14)18(22)12-19(24)21-17-9-5-4-8-16(17)20/h2-11,18H,12H2,1H3,(H,21,24)/t18-/m0/s1. The van der Waals surface area contributed by atoms with Gasteiger partial charge in [0, 0.05) is 13.1 Å². The van der Waals surface area contributed by atoms with Crippen LogP contribution < -0.4 is 5.32 Å². The summed E-state index contributed by atoms with van der Waals surface area (Å²) < 4.78 is 0. The zero-order chi connectivity index (χ0) is 17.1. The Hall–Kier alpha value is -2.59. The summed E-state index contributed by atoms with van der Waals surface area (Å²) in [5.74, 6) is -0.291. The molecule has 0 fully saturated rings. The highest BCUT2D eigenvalue weighted by atomic mass is 35.5. The fourth-order valence-corrected chi connectivity index (χ4v) is 3.04. The second-order valence-electron chi connectivity index (χ2n) is 5.62. The fourth-order valence-electron chi connectivity index (χ4n) is 2.85. The van der Waals surface area contributed by atoms with E-state index in [1.807, 2.05) is 36.4 Å². The van der Waals surface area contributed by atoms with Crippen LogP contribution in [0.2, 0.25) is 5.02 Å². The molecule has 24 heavy (non-hydrogen) atoms. The van der Waals surface area contributed by atoms with Gasteiger partial charge in [-0.2, -0.15) is 0 Å². The largest absolute Gasteiger partial charge is 0.325 e. The molecule has 2 aromatic rings. The zero-order valence-corrected chi connectivity index (χ0v) is 14.0. The molecule has 0 bridgehead atoms. The Balaban J connectivity index is 1.83. The summed E-state index contributed by atoms with van der Waals surface area (Å²) in [4.78, 5) is 26.0. The van der Waals surface area contributed by atoms with Crippen LogP contribution in [0, 0.1) is 0 Å². The molecule has 0 saturated heterocycles. The molecule has 2 aromatic carbocycles. The Morgan fingerprint density at radius 2 is 1.83 bits per heavy atom. The second kappa shape index (κ2) is 6.89. The maximum absolute atomic E-state index is 12.5. The fraction of sp³-hybridized carbons (Fsp3) is 0.158. The number of benzene rings is 2. The van der Waals surface area contributed by atoms with Gasteiger partial charge in [-0.25, -0.2) is 0 Å². The first-order chi connectivity index (χ1) is 11.6. The third kappa shape index (κ3) is 3.34. The van der Waals surface area contributed by atoms with Crippen molar-refractivity contribution in [3.8, 4) is 0 Å². The Morgan fingerprint density at radius 3 is 2.58 bits per heavy atom. The molecule has 2 amide bonds. The van der Waals surface area contributed by atoms with Gasteiger partial charge in [0.15, 0.2) is 0 Å². The molecule has 122 valence electrons. The number of amides is 2. The van der Waals surface area contributed by atoms with Gasteiger partial charge in [-0.3, -0.25) is 9.59 Å². The van der Waals surface area contributed by atoms with Crippen LogP contribution in [0.1, 0.15) is 30.5 Å². The lowest BCUT2D eigenvalue weighted by Crippen LogP contribution is -2.33. The number of carbonyl (C=O) groups excluding carboxylic acids is 2. The van der Waals surface area contributed by atoms with Gasteiger partial charge in [0.05, 0.1) is 23.2 Å². The topological polar surface area (TPSA) is 49.4 Å². The molecule has 4 nitrogen and oxygen atoms in total. The minimum Gasteiger partial charge on any atom is -0.325 e. The number of nitrogens with one attached hydrogen (secondary N) is 1. The first-order valence-corrected chi connectivity index (χ1v) is 8.04. The lowest BCUT2D eigenvalue weighted by molar-refractivity contribution is -0.129. The van der Waals surface area contributed by atoms with E-state index in [0.29, 0.717) is 10.7 Å². The number of nitrogens with zero attached hydrogens (tertiary/aromatic N) is 1. The molecule has 0 unspecified atom stereocenters. The molecule has 0 radical (unpaired) electrons. The molecule has 0 aliphatic carbocycles. The van der Waals surface area contributed by atoms with Gasteiger partial charge in [-0.1, -0.05) is 48.0 Å². The van der Waals surface area contributed by atoms with Crippen molar-refractivity contribution in [3.05, 3.63) is 70.9 Å². The normalized spacial score (nSPS) is 15.8. The van der Waals surface area contributed by atoms with Crippen LogP contribution in [0.15, 0.2) is 54.7 Å². The van der Waals surface area contributed by atoms with Crippen LogP contribution in [-0.2, 0) is 9.59 Å². The average molecular weight is 341 g/mol. The highest BCUT2D eigenvalue weighted by molar-refractivity contribution is 6.33. The highest BCUT2D eigenvalue weighted by Crippen LogP contribution is 2.33. The van der Waals surface area contributed by atoms with Gasteiger partial charge >= 0.3 is 0 Å². The van der Waals surface area contributed by atoms with E-state index in [1.54, 1.807) is 29.3 Å². The Kier molecular flexibility index (Phi) is 4.67. The molecule has 1 aliphatic rings. The first-order valence-electron chi connectivity index (χ1n) is 7.66. The summed E-state index contributed by atoms with van der Waals surface area (Å²) in [6.45, 7) is 1.50. The predicted octanol–water partition coefficient (Wildman–Crippen LogP) is 4.24. The minimum atomic E-state index is -0.328. The van der Waals surface area contributed by atoms with Crippen LogP contribution in [0.25, 0.3) is 6.08 Å². The van der Waals surface area contributed by atoms with Crippen molar-refractivity contribution in [1.82, 2.24) is 4.90 Å². The van der Waals surface area contributed by atoms with Gasteiger partial charge in [-0.15, -0.1) is 0 Å². The average Bonchev–Trinajstić information content (AvgIpc) is 2.57. The number of hydrogen-bond acceptors (Lipinski definition) is 2. The van der Waals surface area contributed by atoms with E-state index < -0.39 is 0 Å². The van der Waals surface area contributed by atoms with E-state index in [4.69, 9.17) is 11.6 Å². The van der Waals surface area contributed by atoms with Gasteiger partial charge in [0.1, 0.15) is 0 Å². The predicted molar refractivity (Wildman–Crippen MR) is 95.4 cm³/mol. The molecule has 3 rings (SSSR count). The van der Waals surface area contributed by atoms with Crippen molar-refractivity contribution in [3.63, 3.8) is 0 Å². The maximum atomic E-state index is 12.5. The monoisotopic (exact) mass is 340 g/mol. The van der Waals surface area contributed by atoms with E-state index in [9.17, 15) is 9.59 Å². The van der Waals surface area contributed by atoms with Crippen LogP contribution in [-0.4, -0.2) is 16.7 Å². The Labute approximate surface area is 145 Å². The van der Waals surface area contributed by atoms with Crippen LogP contribution >= 0.6 is 11.6 Å². The van der Waals surface area contributed by atoms with Crippen LogP contribution in [0.4, 0.5) is 5.69 Å². The van der Waals surface area contributed by atoms with E-state index in [0.717, 1.165) is 11.1 Å². The summed E-state index contributed by atoms with van der Waals surface area (Å²) in [5, 5.41) is 3.30. The Morgan fingerprint density at radius 1 is 1.12 bits per heavy atom. The minimum absolute atomic E-state index is 0.101. The summed E-state index contributed by atoms with van der Waals surface area (Å²) in [6, 6.07) is 14.5. The van der Waals surface area contributed by atoms with Gasteiger partial charge in [0.25, 0.3) is 0 Å². The van der Waals surface area contributed by atoms with E-state index in [2.05, 4.69) is 5.32 Å². The second-order valence-corrected chi connectivity index (χ2v) is 6.03. The first kappa shape index (κ1) is 16.3. The summed E-state index contributed by atoms with van der Waals surface area (Å²) >= 11 is 6.08. The summed E-state index contributed by atoms with van der Waals surface area (Å²) in [6.07, 6.45) is 3.78. The quantitative estimate of drug-likeness (QED) is 0.908.